The van der Waals surface area contributed by atoms with Crippen LogP contribution in [0.1, 0.15) is 22.8 Å². The minimum Gasteiger partial charge on any atom is -0.497 e. The molecule has 0 amide bonds. The van der Waals surface area contributed by atoms with Gasteiger partial charge >= 0.3 is 0 Å². The van der Waals surface area contributed by atoms with E-state index in [1.165, 1.54) is 0 Å². The van der Waals surface area contributed by atoms with Crippen LogP contribution in [-0.4, -0.2) is 12.9 Å². The van der Waals surface area contributed by atoms with E-state index in [-0.39, 0.29) is 5.78 Å². The lowest BCUT2D eigenvalue weighted by Crippen LogP contribution is -1.96. The minimum atomic E-state index is 0.102. The molecule has 0 atom stereocenters. The Balaban J connectivity index is 2.45. The van der Waals surface area contributed by atoms with Crippen LogP contribution in [0.4, 0.5) is 0 Å². The van der Waals surface area contributed by atoms with Gasteiger partial charge in [0.1, 0.15) is 5.75 Å². The molecular formula is C16H16O2. The predicted octanol–water partition coefficient (Wildman–Crippen LogP) is 3.87. The predicted molar refractivity (Wildman–Crippen MR) is 73.2 cm³/mol. The molecule has 0 heterocycles. The number of benzene rings is 2. The molecule has 0 fully saturated rings. The van der Waals surface area contributed by atoms with Crippen molar-refractivity contribution in [2.24, 2.45) is 0 Å². The molecule has 0 aliphatic carbocycles. The molecule has 0 unspecified atom stereocenters. The Labute approximate surface area is 107 Å². The SMILES string of the molecule is COc1cccc(-c2ccc(C(C)=O)c(C)c2)c1. The Morgan fingerprint density at radius 1 is 1.06 bits per heavy atom. The largest absolute Gasteiger partial charge is 0.497 e. The zero-order valence-electron chi connectivity index (χ0n) is 10.9. The minimum absolute atomic E-state index is 0.102. The summed E-state index contributed by atoms with van der Waals surface area (Å²) in [4.78, 5) is 11.4. The van der Waals surface area contributed by atoms with Crippen LogP contribution in [0.15, 0.2) is 42.5 Å². The van der Waals surface area contributed by atoms with Gasteiger partial charge in [-0.3, -0.25) is 4.79 Å². The van der Waals surface area contributed by atoms with Crippen LogP contribution in [0.5, 0.6) is 5.75 Å². The summed E-state index contributed by atoms with van der Waals surface area (Å²) >= 11 is 0. The smallest absolute Gasteiger partial charge is 0.160 e. The summed E-state index contributed by atoms with van der Waals surface area (Å²) in [7, 11) is 1.66. The van der Waals surface area contributed by atoms with E-state index in [1.807, 2.05) is 49.4 Å². The maximum Gasteiger partial charge on any atom is 0.160 e. The van der Waals surface area contributed by atoms with Gasteiger partial charge in [-0.2, -0.15) is 0 Å². The zero-order chi connectivity index (χ0) is 13.1. The van der Waals surface area contributed by atoms with Crippen LogP contribution >= 0.6 is 0 Å². The Morgan fingerprint density at radius 2 is 1.78 bits per heavy atom. The quantitative estimate of drug-likeness (QED) is 0.761. The van der Waals surface area contributed by atoms with Gasteiger partial charge in [0.15, 0.2) is 5.78 Å². The second-order valence-corrected chi connectivity index (χ2v) is 4.32. The van der Waals surface area contributed by atoms with Crippen molar-refractivity contribution in [1.82, 2.24) is 0 Å². The maximum absolute atomic E-state index is 11.4. The van der Waals surface area contributed by atoms with Crippen LogP contribution in [-0.2, 0) is 0 Å². The lowest BCUT2D eigenvalue weighted by atomic mass is 9.98. The summed E-state index contributed by atoms with van der Waals surface area (Å²) < 4.78 is 5.21. The lowest BCUT2D eigenvalue weighted by molar-refractivity contribution is 0.101. The Kier molecular flexibility index (Phi) is 3.47. The average Bonchev–Trinajstić information content (AvgIpc) is 2.38. The standard InChI is InChI=1S/C16H16O2/c1-11-9-14(7-8-16(11)12(2)17)13-5-4-6-15(10-13)18-3/h4-10H,1-3H3. The summed E-state index contributed by atoms with van der Waals surface area (Å²) in [5, 5.41) is 0. The molecule has 0 bridgehead atoms. The molecule has 92 valence electrons. The van der Waals surface area contributed by atoms with Crippen LogP contribution in [0.3, 0.4) is 0 Å². The molecule has 0 aromatic heterocycles. The van der Waals surface area contributed by atoms with E-state index in [2.05, 4.69) is 0 Å². The molecule has 0 aliphatic rings. The zero-order valence-corrected chi connectivity index (χ0v) is 10.9. The highest BCUT2D eigenvalue weighted by molar-refractivity contribution is 5.96. The average molecular weight is 240 g/mol. The summed E-state index contributed by atoms with van der Waals surface area (Å²) in [6, 6.07) is 13.8. The van der Waals surface area contributed by atoms with Crippen molar-refractivity contribution in [3.8, 4) is 16.9 Å². The number of aryl methyl sites for hydroxylation is 1. The number of ketones is 1. The van der Waals surface area contributed by atoms with Gasteiger partial charge in [0.25, 0.3) is 0 Å². The van der Waals surface area contributed by atoms with Crippen molar-refractivity contribution < 1.29 is 9.53 Å². The van der Waals surface area contributed by atoms with Crippen molar-refractivity contribution in [3.05, 3.63) is 53.6 Å². The van der Waals surface area contributed by atoms with Gasteiger partial charge in [0, 0.05) is 5.56 Å². The molecule has 2 rings (SSSR count). The number of rotatable bonds is 3. The third kappa shape index (κ3) is 2.43. The van der Waals surface area contributed by atoms with Crippen molar-refractivity contribution >= 4 is 5.78 Å². The lowest BCUT2D eigenvalue weighted by Gasteiger charge is -2.08. The molecule has 2 aromatic carbocycles. The fraction of sp³-hybridized carbons (Fsp3) is 0.188. The molecule has 2 heteroatoms. The first-order chi connectivity index (χ1) is 8.61. The topological polar surface area (TPSA) is 26.3 Å². The number of hydrogen-bond acceptors (Lipinski definition) is 2. The van der Waals surface area contributed by atoms with Crippen LogP contribution in [0.25, 0.3) is 11.1 Å². The van der Waals surface area contributed by atoms with Crippen molar-refractivity contribution in [2.45, 2.75) is 13.8 Å². The number of ether oxygens (including phenoxy) is 1. The van der Waals surface area contributed by atoms with Gasteiger partial charge in [-0.15, -0.1) is 0 Å². The molecule has 0 saturated carbocycles. The fourth-order valence-electron chi connectivity index (χ4n) is 2.04. The second-order valence-electron chi connectivity index (χ2n) is 4.32. The number of hydrogen-bond donors (Lipinski definition) is 0. The number of methoxy groups -OCH3 is 1. The summed E-state index contributed by atoms with van der Waals surface area (Å²) in [6.07, 6.45) is 0. The van der Waals surface area contributed by atoms with E-state index in [9.17, 15) is 4.79 Å². The van der Waals surface area contributed by atoms with E-state index >= 15 is 0 Å². The van der Waals surface area contributed by atoms with Crippen LogP contribution in [0, 0.1) is 6.92 Å². The van der Waals surface area contributed by atoms with E-state index in [0.717, 1.165) is 28.0 Å². The van der Waals surface area contributed by atoms with Gasteiger partial charge in [-0.25, -0.2) is 0 Å². The maximum atomic E-state index is 11.4. The van der Waals surface area contributed by atoms with Crippen molar-refractivity contribution in [3.63, 3.8) is 0 Å². The first-order valence-corrected chi connectivity index (χ1v) is 5.88. The fourth-order valence-corrected chi connectivity index (χ4v) is 2.04. The highest BCUT2D eigenvalue weighted by Crippen LogP contribution is 2.25. The Morgan fingerprint density at radius 3 is 2.39 bits per heavy atom. The summed E-state index contributed by atoms with van der Waals surface area (Å²) in [5.41, 5.74) is 3.97. The van der Waals surface area contributed by atoms with E-state index in [4.69, 9.17) is 4.74 Å². The highest BCUT2D eigenvalue weighted by atomic mass is 16.5. The van der Waals surface area contributed by atoms with Gasteiger partial charge in [-0.05, 0) is 42.7 Å². The van der Waals surface area contributed by atoms with Gasteiger partial charge in [0.2, 0.25) is 0 Å². The van der Waals surface area contributed by atoms with Gasteiger partial charge in [-0.1, -0.05) is 30.3 Å². The number of carbonyl (C=O) groups excluding carboxylic acids is 1. The molecule has 0 N–H and O–H groups in total. The molecule has 0 radical (unpaired) electrons. The number of Topliss-reactive ketones (excluding diaryl/α,β-unsaturated/α-hetero) is 1. The molecule has 2 nitrogen and oxygen atoms in total. The Hall–Kier alpha value is -2.09. The highest BCUT2D eigenvalue weighted by Gasteiger charge is 2.06. The molecule has 0 spiro atoms. The van der Waals surface area contributed by atoms with E-state index in [0.29, 0.717) is 0 Å². The third-order valence-corrected chi connectivity index (χ3v) is 3.01. The molecular weight excluding hydrogens is 224 g/mol. The van der Waals surface area contributed by atoms with Crippen LogP contribution < -0.4 is 4.74 Å². The first-order valence-electron chi connectivity index (χ1n) is 5.88. The van der Waals surface area contributed by atoms with E-state index in [1.54, 1.807) is 14.0 Å². The van der Waals surface area contributed by atoms with E-state index < -0.39 is 0 Å². The molecule has 0 aliphatic heterocycles. The van der Waals surface area contributed by atoms with Crippen molar-refractivity contribution in [2.75, 3.05) is 7.11 Å². The molecule has 2 aromatic rings. The normalized spacial score (nSPS) is 10.2. The summed E-state index contributed by atoms with van der Waals surface area (Å²) in [6.45, 7) is 3.55. The second kappa shape index (κ2) is 5.05. The molecule has 18 heavy (non-hydrogen) atoms. The molecule has 0 saturated heterocycles. The van der Waals surface area contributed by atoms with Crippen LogP contribution in [0.2, 0.25) is 0 Å². The van der Waals surface area contributed by atoms with Crippen molar-refractivity contribution in [1.29, 1.82) is 0 Å². The third-order valence-electron chi connectivity index (χ3n) is 3.01. The first kappa shape index (κ1) is 12.4. The summed E-state index contributed by atoms with van der Waals surface area (Å²) in [5.74, 6) is 0.936. The Bertz CT molecular complexity index is 585. The van der Waals surface area contributed by atoms with Gasteiger partial charge in [0.05, 0.1) is 7.11 Å². The van der Waals surface area contributed by atoms with Gasteiger partial charge < -0.3 is 4.74 Å². The number of carbonyl (C=O) groups is 1. The monoisotopic (exact) mass is 240 g/mol.